The second kappa shape index (κ2) is 5.56. The van der Waals surface area contributed by atoms with Crippen LogP contribution in [-0.2, 0) is 0 Å². The number of ether oxygens (including phenoxy) is 2. The normalized spacial score (nSPS) is 10.7. The molecule has 1 N–H and O–H groups in total. The van der Waals surface area contributed by atoms with E-state index in [0.29, 0.717) is 28.0 Å². The van der Waals surface area contributed by atoms with Crippen LogP contribution in [-0.4, -0.2) is 19.2 Å². The number of fused-ring (bicyclic) bond motifs is 1. The third-order valence-electron chi connectivity index (χ3n) is 3.74. The number of aromatic amines is 1. The third kappa shape index (κ3) is 2.33. The summed E-state index contributed by atoms with van der Waals surface area (Å²) in [5.41, 5.74) is 3.29. The summed E-state index contributed by atoms with van der Waals surface area (Å²) in [6, 6.07) is 11.4. The summed E-state index contributed by atoms with van der Waals surface area (Å²) in [4.78, 5) is 16.0. The molecule has 0 aliphatic carbocycles. The molecule has 1 aromatic heterocycles. The number of aromatic nitrogens is 1. The molecule has 112 valence electrons. The second-order valence-electron chi connectivity index (χ2n) is 5.15. The lowest BCUT2D eigenvalue weighted by molar-refractivity contribution is 0.397. The first-order chi connectivity index (χ1) is 10.6. The number of H-pyrrole nitrogens is 1. The van der Waals surface area contributed by atoms with Crippen LogP contribution in [0.2, 0.25) is 0 Å². The number of nitrogens with one attached hydrogen (secondary N) is 1. The van der Waals surface area contributed by atoms with Crippen LogP contribution in [0, 0.1) is 6.92 Å². The van der Waals surface area contributed by atoms with E-state index in [4.69, 9.17) is 9.47 Å². The van der Waals surface area contributed by atoms with Crippen molar-refractivity contribution in [1.29, 1.82) is 0 Å². The topological polar surface area (TPSA) is 51.3 Å². The van der Waals surface area contributed by atoms with Crippen LogP contribution >= 0.6 is 0 Å². The van der Waals surface area contributed by atoms with Gasteiger partial charge in [-0.15, -0.1) is 0 Å². The smallest absolute Gasteiger partial charge is 0.200 e. The van der Waals surface area contributed by atoms with E-state index in [1.807, 2.05) is 31.2 Å². The van der Waals surface area contributed by atoms with Gasteiger partial charge in [-0.3, -0.25) is 4.79 Å². The van der Waals surface area contributed by atoms with E-state index in [2.05, 4.69) is 4.98 Å². The number of pyridine rings is 1. The van der Waals surface area contributed by atoms with Crippen LogP contribution in [0.25, 0.3) is 22.0 Å². The Bertz CT molecular complexity index is 879. The van der Waals surface area contributed by atoms with Crippen molar-refractivity contribution in [3.8, 4) is 22.6 Å². The molecular weight excluding hydrogens is 278 g/mol. The summed E-state index contributed by atoms with van der Waals surface area (Å²) in [6.07, 6.45) is 1.73. The van der Waals surface area contributed by atoms with Gasteiger partial charge in [0, 0.05) is 23.9 Å². The van der Waals surface area contributed by atoms with Crippen molar-refractivity contribution in [3.05, 3.63) is 58.4 Å². The first-order valence-electron chi connectivity index (χ1n) is 6.98. The van der Waals surface area contributed by atoms with Gasteiger partial charge in [0.15, 0.2) is 0 Å². The SMILES string of the molecule is COc1cc(OC)c2c(=O)c(-c3ccc(C)cc3)c[nH]c2c1. The van der Waals surface area contributed by atoms with Gasteiger partial charge in [-0.05, 0) is 12.5 Å². The molecule has 0 aliphatic heterocycles. The van der Waals surface area contributed by atoms with Crippen molar-refractivity contribution in [1.82, 2.24) is 4.98 Å². The maximum absolute atomic E-state index is 12.9. The molecule has 0 amide bonds. The van der Waals surface area contributed by atoms with Gasteiger partial charge in [0.1, 0.15) is 11.5 Å². The molecular formula is C18H17NO3. The molecule has 2 aromatic carbocycles. The first kappa shape index (κ1) is 14.2. The average molecular weight is 295 g/mol. The number of rotatable bonds is 3. The highest BCUT2D eigenvalue weighted by Crippen LogP contribution is 2.29. The number of benzene rings is 2. The molecule has 0 saturated heterocycles. The first-order valence-corrected chi connectivity index (χ1v) is 6.98. The minimum atomic E-state index is -0.0582. The quantitative estimate of drug-likeness (QED) is 0.804. The van der Waals surface area contributed by atoms with Crippen molar-refractivity contribution in [2.45, 2.75) is 6.92 Å². The fourth-order valence-corrected chi connectivity index (χ4v) is 2.51. The molecule has 0 bridgehead atoms. The highest BCUT2D eigenvalue weighted by Gasteiger charge is 2.13. The van der Waals surface area contributed by atoms with Gasteiger partial charge in [0.25, 0.3) is 0 Å². The molecule has 0 atom stereocenters. The maximum atomic E-state index is 12.9. The molecule has 22 heavy (non-hydrogen) atoms. The Hall–Kier alpha value is -2.75. The lowest BCUT2D eigenvalue weighted by Gasteiger charge is -2.10. The Balaban J connectivity index is 2.29. The Kier molecular flexibility index (Phi) is 3.59. The largest absolute Gasteiger partial charge is 0.497 e. The lowest BCUT2D eigenvalue weighted by Crippen LogP contribution is -2.08. The number of aryl methyl sites for hydroxylation is 1. The molecule has 0 unspecified atom stereocenters. The zero-order valence-corrected chi connectivity index (χ0v) is 12.8. The van der Waals surface area contributed by atoms with Gasteiger partial charge in [-0.1, -0.05) is 29.8 Å². The van der Waals surface area contributed by atoms with E-state index in [0.717, 1.165) is 11.1 Å². The summed E-state index contributed by atoms with van der Waals surface area (Å²) in [6.45, 7) is 2.02. The number of hydrogen-bond acceptors (Lipinski definition) is 3. The van der Waals surface area contributed by atoms with Gasteiger partial charge in [0.05, 0.1) is 25.1 Å². The molecule has 0 saturated carbocycles. The van der Waals surface area contributed by atoms with Crippen LogP contribution < -0.4 is 14.9 Å². The molecule has 0 radical (unpaired) electrons. The third-order valence-corrected chi connectivity index (χ3v) is 3.74. The van der Waals surface area contributed by atoms with Crippen LogP contribution in [0.15, 0.2) is 47.4 Å². The molecule has 1 heterocycles. The van der Waals surface area contributed by atoms with Gasteiger partial charge in [-0.25, -0.2) is 0 Å². The minimum Gasteiger partial charge on any atom is -0.497 e. The fourth-order valence-electron chi connectivity index (χ4n) is 2.51. The zero-order chi connectivity index (χ0) is 15.7. The van der Waals surface area contributed by atoms with E-state index in [1.165, 1.54) is 0 Å². The minimum absolute atomic E-state index is 0.0582. The number of methoxy groups -OCH3 is 2. The van der Waals surface area contributed by atoms with Gasteiger partial charge < -0.3 is 14.5 Å². The fraction of sp³-hybridized carbons (Fsp3) is 0.167. The van der Waals surface area contributed by atoms with Crippen molar-refractivity contribution in [2.75, 3.05) is 14.2 Å². The number of hydrogen-bond donors (Lipinski definition) is 1. The highest BCUT2D eigenvalue weighted by atomic mass is 16.5. The van der Waals surface area contributed by atoms with E-state index in [1.54, 1.807) is 32.5 Å². The second-order valence-corrected chi connectivity index (χ2v) is 5.15. The van der Waals surface area contributed by atoms with Gasteiger partial charge >= 0.3 is 0 Å². The molecule has 3 rings (SSSR count). The van der Waals surface area contributed by atoms with Crippen molar-refractivity contribution in [2.24, 2.45) is 0 Å². The molecule has 4 heteroatoms. The summed E-state index contributed by atoms with van der Waals surface area (Å²) in [7, 11) is 3.13. The standard InChI is InChI=1S/C18H17NO3/c1-11-4-6-12(7-5-11)14-10-19-15-8-13(21-2)9-16(22-3)17(15)18(14)20/h4-10H,1-3H3,(H,19,20). The van der Waals surface area contributed by atoms with Crippen molar-refractivity contribution in [3.63, 3.8) is 0 Å². The van der Waals surface area contributed by atoms with Crippen LogP contribution in [0.5, 0.6) is 11.5 Å². The highest BCUT2D eigenvalue weighted by molar-refractivity contribution is 5.89. The summed E-state index contributed by atoms with van der Waals surface area (Å²) >= 11 is 0. The molecule has 4 nitrogen and oxygen atoms in total. The van der Waals surface area contributed by atoms with E-state index >= 15 is 0 Å². The summed E-state index contributed by atoms with van der Waals surface area (Å²) in [5.74, 6) is 1.15. The van der Waals surface area contributed by atoms with E-state index < -0.39 is 0 Å². The van der Waals surface area contributed by atoms with Crippen molar-refractivity contribution < 1.29 is 9.47 Å². The Labute approximate surface area is 128 Å². The van der Waals surface area contributed by atoms with Gasteiger partial charge in [0.2, 0.25) is 5.43 Å². The molecule has 0 aliphatic rings. The predicted octanol–water partition coefficient (Wildman–Crippen LogP) is 3.52. The van der Waals surface area contributed by atoms with E-state index in [9.17, 15) is 4.79 Å². The van der Waals surface area contributed by atoms with Crippen LogP contribution in [0.4, 0.5) is 0 Å². The lowest BCUT2D eigenvalue weighted by atomic mass is 10.0. The van der Waals surface area contributed by atoms with Crippen molar-refractivity contribution >= 4 is 10.9 Å². The van der Waals surface area contributed by atoms with E-state index in [-0.39, 0.29) is 5.43 Å². The van der Waals surface area contributed by atoms with Gasteiger partial charge in [-0.2, -0.15) is 0 Å². The zero-order valence-electron chi connectivity index (χ0n) is 12.8. The Morgan fingerprint density at radius 3 is 2.36 bits per heavy atom. The maximum Gasteiger partial charge on any atom is 0.200 e. The monoisotopic (exact) mass is 295 g/mol. The van der Waals surface area contributed by atoms with Crippen LogP contribution in [0.3, 0.4) is 0 Å². The Morgan fingerprint density at radius 1 is 1.00 bits per heavy atom. The predicted molar refractivity (Wildman–Crippen MR) is 87.8 cm³/mol. The van der Waals surface area contributed by atoms with Crippen LogP contribution in [0.1, 0.15) is 5.56 Å². The average Bonchev–Trinajstić information content (AvgIpc) is 2.55. The Morgan fingerprint density at radius 2 is 1.73 bits per heavy atom. The molecule has 0 spiro atoms. The molecule has 0 fully saturated rings. The summed E-state index contributed by atoms with van der Waals surface area (Å²) in [5, 5.41) is 0.529. The summed E-state index contributed by atoms with van der Waals surface area (Å²) < 4.78 is 10.6. The molecule has 3 aromatic rings.